The summed E-state index contributed by atoms with van der Waals surface area (Å²) < 4.78 is 2.22. The number of hydrogen-bond acceptors (Lipinski definition) is 4. The molecule has 3 aromatic rings. The van der Waals surface area contributed by atoms with Crippen molar-refractivity contribution in [3.63, 3.8) is 0 Å². The first-order valence-corrected chi connectivity index (χ1v) is 8.75. The molecule has 3 rings (SSSR count). The van der Waals surface area contributed by atoms with Crippen LogP contribution in [0.3, 0.4) is 0 Å². The second-order valence-electron chi connectivity index (χ2n) is 4.87. The standard InChI is InChI=1S/C16H15ClN2S2/c1-10(18)15(11-6-2-3-7-12(11)17)21-16-19-13-8-4-5-9-14(13)20-16/h2-10,15H,18H2,1H3. The van der Waals surface area contributed by atoms with Gasteiger partial charge in [0.25, 0.3) is 0 Å². The van der Waals surface area contributed by atoms with E-state index in [0.717, 1.165) is 20.4 Å². The van der Waals surface area contributed by atoms with Gasteiger partial charge in [0.2, 0.25) is 0 Å². The third-order valence-corrected chi connectivity index (χ3v) is 6.14. The van der Waals surface area contributed by atoms with Crippen molar-refractivity contribution in [2.75, 3.05) is 0 Å². The van der Waals surface area contributed by atoms with Crippen LogP contribution < -0.4 is 5.73 Å². The summed E-state index contributed by atoms with van der Waals surface area (Å²) in [5.74, 6) is 0. The van der Waals surface area contributed by atoms with Gasteiger partial charge in [-0.15, -0.1) is 11.3 Å². The van der Waals surface area contributed by atoms with Crippen LogP contribution in [0.2, 0.25) is 5.02 Å². The molecule has 2 N–H and O–H groups in total. The molecule has 0 aliphatic heterocycles. The van der Waals surface area contributed by atoms with Gasteiger partial charge in [-0.2, -0.15) is 0 Å². The maximum atomic E-state index is 6.32. The Hall–Kier alpha value is -1.07. The number of para-hydroxylation sites is 1. The number of hydrogen-bond donors (Lipinski definition) is 1. The summed E-state index contributed by atoms with van der Waals surface area (Å²) in [6.07, 6.45) is 0. The van der Waals surface area contributed by atoms with Crippen LogP contribution in [0.5, 0.6) is 0 Å². The van der Waals surface area contributed by atoms with Crippen LogP contribution in [-0.2, 0) is 0 Å². The fourth-order valence-corrected chi connectivity index (χ4v) is 4.87. The number of benzene rings is 2. The number of thioether (sulfide) groups is 1. The molecule has 0 saturated heterocycles. The summed E-state index contributed by atoms with van der Waals surface area (Å²) in [6.45, 7) is 2.01. The fraction of sp³-hybridized carbons (Fsp3) is 0.188. The molecule has 108 valence electrons. The number of nitrogens with two attached hydrogens (primary N) is 1. The molecule has 2 nitrogen and oxygen atoms in total. The minimum absolute atomic E-state index is 0.0121. The molecule has 2 aromatic carbocycles. The minimum Gasteiger partial charge on any atom is -0.327 e. The van der Waals surface area contributed by atoms with Crippen LogP contribution >= 0.6 is 34.7 Å². The van der Waals surface area contributed by atoms with Crippen molar-refractivity contribution in [2.45, 2.75) is 22.6 Å². The molecule has 1 heterocycles. The van der Waals surface area contributed by atoms with Crippen LogP contribution in [0.4, 0.5) is 0 Å². The lowest BCUT2D eigenvalue weighted by molar-refractivity contribution is 0.721. The highest BCUT2D eigenvalue weighted by molar-refractivity contribution is 8.01. The second kappa shape index (κ2) is 6.36. The summed E-state index contributed by atoms with van der Waals surface area (Å²) >= 11 is 9.71. The predicted octanol–water partition coefficient (Wildman–Crippen LogP) is 5.13. The number of halogens is 1. The number of thiazole rings is 1. The average molecular weight is 335 g/mol. The van der Waals surface area contributed by atoms with Gasteiger partial charge < -0.3 is 5.73 Å². The van der Waals surface area contributed by atoms with Crippen molar-refractivity contribution < 1.29 is 0 Å². The highest BCUT2D eigenvalue weighted by atomic mass is 35.5. The zero-order valence-corrected chi connectivity index (χ0v) is 13.9. The molecule has 0 spiro atoms. The molecular formula is C16H15ClN2S2. The lowest BCUT2D eigenvalue weighted by Crippen LogP contribution is -2.22. The molecule has 0 amide bonds. The van der Waals surface area contributed by atoms with E-state index < -0.39 is 0 Å². The second-order valence-corrected chi connectivity index (χ2v) is 7.69. The molecule has 0 aliphatic rings. The van der Waals surface area contributed by atoms with Crippen molar-refractivity contribution in [1.82, 2.24) is 4.98 Å². The van der Waals surface area contributed by atoms with Crippen molar-refractivity contribution in [3.05, 3.63) is 59.1 Å². The van der Waals surface area contributed by atoms with E-state index in [0.29, 0.717) is 0 Å². The molecule has 2 atom stereocenters. The van der Waals surface area contributed by atoms with Gasteiger partial charge in [0, 0.05) is 11.1 Å². The van der Waals surface area contributed by atoms with Gasteiger partial charge in [0.1, 0.15) is 0 Å². The van der Waals surface area contributed by atoms with Gasteiger partial charge in [0.15, 0.2) is 4.34 Å². The normalized spacial score (nSPS) is 14.2. The maximum absolute atomic E-state index is 6.32. The van der Waals surface area contributed by atoms with E-state index in [1.54, 1.807) is 23.1 Å². The Morgan fingerprint density at radius 1 is 1.14 bits per heavy atom. The molecule has 0 aliphatic carbocycles. The maximum Gasteiger partial charge on any atom is 0.151 e. The summed E-state index contributed by atoms with van der Waals surface area (Å²) in [5.41, 5.74) is 8.28. The quantitative estimate of drug-likeness (QED) is 0.672. The van der Waals surface area contributed by atoms with E-state index in [1.165, 1.54) is 4.70 Å². The van der Waals surface area contributed by atoms with E-state index >= 15 is 0 Å². The third-order valence-electron chi connectivity index (χ3n) is 3.19. The first kappa shape index (κ1) is 14.9. The average Bonchev–Trinajstić information content (AvgIpc) is 2.88. The van der Waals surface area contributed by atoms with Crippen molar-refractivity contribution >= 4 is 44.9 Å². The monoisotopic (exact) mass is 334 g/mol. The molecule has 21 heavy (non-hydrogen) atoms. The van der Waals surface area contributed by atoms with Crippen LogP contribution in [0.25, 0.3) is 10.2 Å². The first-order valence-electron chi connectivity index (χ1n) is 6.67. The third kappa shape index (κ3) is 3.24. The van der Waals surface area contributed by atoms with E-state index in [2.05, 4.69) is 11.1 Å². The lowest BCUT2D eigenvalue weighted by atomic mass is 10.1. The van der Waals surface area contributed by atoms with E-state index in [9.17, 15) is 0 Å². The Morgan fingerprint density at radius 2 is 1.86 bits per heavy atom. The molecule has 5 heteroatoms. The zero-order chi connectivity index (χ0) is 14.8. The Bertz CT molecular complexity index is 722. The van der Waals surface area contributed by atoms with Crippen molar-refractivity contribution in [3.8, 4) is 0 Å². The molecular weight excluding hydrogens is 320 g/mol. The zero-order valence-electron chi connectivity index (χ0n) is 11.5. The van der Waals surface area contributed by atoms with Gasteiger partial charge in [-0.05, 0) is 30.7 Å². The number of nitrogens with zero attached hydrogens (tertiary/aromatic N) is 1. The van der Waals surface area contributed by atoms with Crippen LogP contribution in [0, 0.1) is 0 Å². The Kier molecular flexibility index (Phi) is 4.50. The predicted molar refractivity (Wildman–Crippen MR) is 93.3 cm³/mol. The Morgan fingerprint density at radius 3 is 2.57 bits per heavy atom. The minimum atomic E-state index is -0.0121. The van der Waals surface area contributed by atoms with Crippen LogP contribution in [-0.4, -0.2) is 11.0 Å². The summed E-state index contributed by atoms with van der Waals surface area (Å²) in [5, 5.41) is 0.854. The smallest absolute Gasteiger partial charge is 0.151 e. The van der Waals surface area contributed by atoms with Gasteiger partial charge in [-0.25, -0.2) is 4.98 Å². The Balaban J connectivity index is 1.94. The molecule has 2 unspecified atom stereocenters. The Labute approximate surface area is 137 Å². The van der Waals surface area contributed by atoms with Gasteiger partial charge in [-0.3, -0.25) is 0 Å². The molecule has 0 saturated carbocycles. The van der Waals surface area contributed by atoms with Crippen molar-refractivity contribution in [1.29, 1.82) is 0 Å². The number of rotatable bonds is 4. The van der Waals surface area contributed by atoms with E-state index in [1.807, 2.05) is 49.4 Å². The fourth-order valence-electron chi connectivity index (χ4n) is 2.17. The van der Waals surface area contributed by atoms with E-state index in [-0.39, 0.29) is 11.3 Å². The molecule has 0 radical (unpaired) electrons. The topological polar surface area (TPSA) is 38.9 Å². The molecule has 0 fully saturated rings. The first-order chi connectivity index (χ1) is 10.1. The largest absolute Gasteiger partial charge is 0.327 e. The summed E-state index contributed by atoms with van der Waals surface area (Å²) in [6, 6.07) is 16.0. The molecule has 1 aromatic heterocycles. The van der Waals surface area contributed by atoms with Gasteiger partial charge >= 0.3 is 0 Å². The van der Waals surface area contributed by atoms with Crippen molar-refractivity contribution in [2.24, 2.45) is 5.73 Å². The van der Waals surface area contributed by atoms with Crippen LogP contribution in [0.1, 0.15) is 17.7 Å². The highest BCUT2D eigenvalue weighted by Crippen LogP contribution is 2.42. The lowest BCUT2D eigenvalue weighted by Gasteiger charge is -2.20. The number of fused-ring (bicyclic) bond motifs is 1. The summed E-state index contributed by atoms with van der Waals surface area (Å²) in [7, 11) is 0. The van der Waals surface area contributed by atoms with Gasteiger partial charge in [-0.1, -0.05) is 53.7 Å². The number of aromatic nitrogens is 1. The summed E-state index contributed by atoms with van der Waals surface area (Å²) in [4.78, 5) is 4.67. The van der Waals surface area contributed by atoms with Crippen LogP contribution in [0.15, 0.2) is 52.9 Å². The highest BCUT2D eigenvalue weighted by Gasteiger charge is 2.21. The van der Waals surface area contributed by atoms with Gasteiger partial charge in [0.05, 0.1) is 15.5 Å². The van der Waals surface area contributed by atoms with E-state index in [4.69, 9.17) is 17.3 Å². The SMILES string of the molecule is CC(N)C(Sc1nc2ccccc2s1)c1ccccc1Cl. The molecule has 0 bridgehead atoms.